The zero-order chi connectivity index (χ0) is 15.4. The highest BCUT2D eigenvalue weighted by Gasteiger charge is 2.25. The highest BCUT2D eigenvalue weighted by Crippen LogP contribution is 2.32. The fraction of sp³-hybridized carbons (Fsp3) is 0.588. The Balaban J connectivity index is 2.34. The van der Waals surface area contributed by atoms with Crippen molar-refractivity contribution in [3.63, 3.8) is 0 Å². The standard InChI is InChI=1S/C17H26ClN3/c1-12(2)9-10-21(14-5-3-4-6-14)16-11-13(18)7-8-15(16)17(19)20/h7-8,11-12,14H,3-6,9-10H2,1-2H3,(H3,19,20). The van der Waals surface area contributed by atoms with Gasteiger partial charge in [0.05, 0.1) is 0 Å². The fourth-order valence-electron chi connectivity index (χ4n) is 3.08. The van der Waals surface area contributed by atoms with E-state index in [2.05, 4.69) is 18.7 Å². The largest absolute Gasteiger partial charge is 0.384 e. The van der Waals surface area contributed by atoms with Crippen LogP contribution in [0.1, 0.15) is 51.5 Å². The van der Waals surface area contributed by atoms with Gasteiger partial charge in [0.2, 0.25) is 0 Å². The number of benzene rings is 1. The molecule has 2 rings (SSSR count). The van der Waals surface area contributed by atoms with Crippen molar-refractivity contribution in [1.29, 1.82) is 5.41 Å². The SMILES string of the molecule is CC(C)CCN(c1cc(Cl)ccc1C(=N)N)C1CCCC1. The number of rotatable bonds is 6. The van der Waals surface area contributed by atoms with Crippen LogP contribution < -0.4 is 10.6 Å². The zero-order valence-electron chi connectivity index (χ0n) is 13.0. The van der Waals surface area contributed by atoms with Gasteiger partial charge >= 0.3 is 0 Å². The minimum absolute atomic E-state index is 0.120. The summed E-state index contributed by atoms with van der Waals surface area (Å²) in [6.07, 6.45) is 6.17. The number of anilines is 1. The van der Waals surface area contributed by atoms with Crippen molar-refractivity contribution in [3.05, 3.63) is 28.8 Å². The molecule has 0 saturated heterocycles. The van der Waals surface area contributed by atoms with Crippen molar-refractivity contribution in [2.24, 2.45) is 11.7 Å². The zero-order valence-corrected chi connectivity index (χ0v) is 13.8. The summed E-state index contributed by atoms with van der Waals surface area (Å²) in [5, 5.41) is 8.55. The van der Waals surface area contributed by atoms with E-state index in [0.29, 0.717) is 17.0 Å². The van der Waals surface area contributed by atoms with E-state index in [1.165, 1.54) is 25.7 Å². The van der Waals surface area contributed by atoms with E-state index < -0.39 is 0 Å². The molecule has 0 unspecified atom stereocenters. The molecule has 1 saturated carbocycles. The second-order valence-electron chi connectivity index (χ2n) is 6.39. The van der Waals surface area contributed by atoms with Crippen molar-refractivity contribution < 1.29 is 0 Å². The van der Waals surface area contributed by atoms with Crippen LogP contribution in [-0.4, -0.2) is 18.4 Å². The van der Waals surface area contributed by atoms with Crippen molar-refractivity contribution in [3.8, 4) is 0 Å². The topological polar surface area (TPSA) is 53.1 Å². The average molecular weight is 308 g/mol. The Morgan fingerprint density at radius 3 is 2.62 bits per heavy atom. The maximum absolute atomic E-state index is 7.84. The first-order valence-corrected chi connectivity index (χ1v) is 8.27. The van der Waals surface area contributed by atoms with Crippen molar-refractivity contribution in [2.75, 3.05) is 11.4 Å². The molecule has 0 heterocycles. The van der Waals surface area contributed by atoms with Crippen LogP contribution in [-0.2, 0) is 0 Å². The molecule has 1 aliphatic carbocycles. The number of nitrogen functional groups attached to an aromatic ring is 1. The molecule has 1 fully saturated rings. The molecule has 4 heteroatoms. The van der Waals surface area contributed by atoms with Gasteiger partial charge in [-0.25, -0.2) is 0 Å². The molecule has 3 nitrogen and oxygen atoms in total. The lowest BCUT2D eigenvalue weighted by molar-refractivity contribution is 0.528. The van der Waals surface area contributed by atoms with Crippen LogP contribution in [0.25, 0.3) is 0 Å². The van der Waals surface area contributed by atoms with E-state index in [9.17, 15) is 0 Å². The molecule has 0 bridgehead atoms. The molecule has 1 aromatic rings. The molecule has 116 valence electrons. The third-order valence-corrected chi connectivity index (χ3v) is 4.51. The Morgan fingerprint density at radius 1 is 1.38 bits per heavy atom. The van der Waals surface area contributed by atoms with Crippen LogP contribution in [0, 0.1) is 11.3 Å². The summed E-state index contributed by atoms with van der Waals surface area (Å²) in [5.41, 5.74) is 7.60. The summed E-state index contributed by atoms with van der Waals surface area (Å²) in [6.45, 7) is 5.50. The lowest BCUT2D eigenvalue weighted by Gasteiger charge is -2.33. The van der Waals surface area contributed by atoms with E-state index in [1.807, 2.05) is 18.2 Å². The first-order chi connectivity index (χ1) is 9.99. The molecule has 21 heavy (non-hydrogen) atoms. The van der Waals surface area contributed by atoms with Crippen LogP contribution in [0.2, 0.25) is 5.02 Å². The summed E-state index contributed by atoms with van der Waals surface area (Å²) in [5.74, 6) is 0.781. The summed E-state index contributed by atoms with van der Waals surface area (Å²) < 4.78 is 0. The molecule has 0 radical (unpaired) electrons. The number of amidine groups is 1. The van der Waals surface area contributed by atoms with Crippen LogP contribution in [0.15, 0.2) is 18.2 Å². The lowest BCUT2D eigenvalue weighted by atomic mass is 10.0. The van der Waals surface area contributed by atoms with Gasteiger partial charge in [-0.05, 0) is 43.4 Å². The molecule has 0 amide bonds. The molecule has 0 aromatic heterocycles. The molecular weight excluding hydrogens is 282 g/mol. The maximum Gasteiger partial charge on any atom is 0.124 e. The molecule has 0 atom stereocenters. The molecular formula is C17H26ClN3. The monoisotopic (exact) mass is 307 g/mol. The average Bonchev–Trinajstić information content (AvgIpc) is 2.92. The molecule has 3 N–H and O–H groups in total. The molecule has 0 aliphatic heterocycles. The first-order valence-electron chi connectivity index (χ1n) is 7.89. The van der Waals surface area contributed by atoms with Gasteiger partial charge in [-0.2, -0.15) is 0 Å². The minimum Gasteiger partial charge on any atom is -0.384 e. The number of nitrogens with zero attached hydrogens (tertiary/aromatic N) is 1. The quantitative estimate of drug-likeness (QED) is 0.604. The van der Waals surface area contributed by atoms with E-state index in [0.717, 1.165) is 24.2 Å². The maximum atomic E-state index is 7.84. The Bertz CT molecular complexity index is 493. The Morgan fingerprint density at radius 2 is 2.05 bits per heavy atom. The lowest BCUT2D eigenvalue weighted by Crippen LogP contribution is -2.36. The number of halogens is 1. The van der Waals surface area contributed by atoms with Crippen LogP contribution in [0.3, 0.4) is 0 Å². The van der Waals surface area contributed by atoms with Crippen LogP contribution >= 0.6 is 11.6 Å². The van der Waals surface area contributed by atoms with Gasteiger partial charge in [-0.3, -0.25) is 5.41 Å². The van der Waals surface area contributed by atoms with Crippen molar-refractivity contribution >= 4 is 23.1 Å². The Labute approximate surface area is 133 Å². The van der Waals surface area contributed by atoms with E-state index in [1.54, 1.807) is 0 Å². The minimum atomic E-state index is 0.120. The third-order valence-electron chi connectivity index (χ3n) is 4.27. The van der Waals surface area contributed by atoms with Gasteiger partial charge in [0.25, 0.3) is 0 Å². The molecule has 1 aliphatic rings. The Hall–Kier alpha value is -1.22. The van der Waals surface area contributed by atoms with E-state index in [-0.39, 0.29) is 5.84 Å². The molecule has 1 aromatic carbocycles. The summed E-state index contributed by atoms with van der Waals surface area (Å²) in [6, 6.07) is 6.21. The van der Waals surface area contributed by atoms with Gasteiger partial charge in [0, 0.05) is 28.9 Å². The number of nitrogens with two attached hydrogens (primary N) is 1. The predicted molar refractivity (Wildman–Crippen MR) is 91.5 cm³/mol. The highest BCUT2D eigenvalue weighted by atomic mass is 35.5. The van der Waals surface area contributed by atoms with E-state index in [4.69, 9.17) is 22.7 Å². The fourth-order valence-corrected chi connectivity index (χ4v) is 3.25. The summed E-state index contributed by atoms with van der Waals surface area (Å²) >= 11 is 6.20. The van der Waals surface area contributed by atoms with Crippen LogP contribution in [0.4, 0.5) is 5.69 Å². The van der Waals surface area contributed by atoms with E-state index >= 15 is 0 Å². The van der Waals surface area contributed by atoms with Gasteiger partial charge < -0.3 is 10.6 Å². The molecule has 0 spiro atoms. The predicted octanol–water partition coefficient (Wildman–Crippen LogP) is 4.42. The van der Waals surface area contributed by atoms with Gasteiger partial charge in [-0.1, -0.05) is 38.3 Å². The Kier molecular flexibility index (Phi) is 5.51. The van der Waals surface area contributed by atoms with Crippen LogP contribution in [0.5, 0.6) is 0 Å². The summed E-state index contributed by atoms with van der Waals surface area (Å²) in [4.78, 5) is 2.44. The normalized spacial score (nSPS) is 15.6. The number of hydrogen-bond acceptors (Lipinski definition) is 2. The van der Waals surface area contributed by atoms with Gasteiger partial charge in [0.1, 0.15) is 5.84 Å². The van der Waals surface area contributed by atoms with Gasteiger partial charge in [-0.15, -0.1) is 0 Å². The van der Waals surface area contributed by atoms with Gasteiger partial charge in [0.15, 0.2) is 0 Å². The second kappa shape index (κ2) is 7.17. The smallest absolute Gasteiger partial charge is 0.124 e. The number of hydrogen-bond donors (Lipinski definition) is 2. The summed E-state index contributed by atoms with van der Waals surface area (Å²) in [7, 11) is 0. The second-order valence-corrected chi connectivity index (χ2v) is 6.83. The number of nitrogens with one attached hydrogen (secondary N) is 1. The van der Waals surface area contributed by atoms with Crippen molar-refractivity contribution in [2.45, 2.75) is 52.0 Å². The first kappa shape index (κ1) is 16.2. The van der Waals surface area contributed by atoms with Crippen molar-refractivity contribution in [1.82, 2.24) is 0 Å². The third kappa shape index (κ3) is 4.13. The highest BCUT2D eigenvalue weighted by molar-refractivity contribution is 6.31.